The molecule has 8 rings (SSSR count). The van der Waals surface area contributed by atoms with Crippen LogP contribution in [0.25, 0.3) is 11.6 Å². The van der Waals surface area contributed by atoms with E-state index in [1.165, 1.54) is 12.3 Å². The van der Waals surface area contributed by atoms with Crippen LogP contribution < -0.4 is 31.9 Å². The Labute approximate surface area is 449 Å². The van der Waals surface area contributed by atoms with Gasteiger partial charge in [0.1, 0.15) is 5.82 Å². The molecule has 14 nitrogen and oxygen atoms in total. The van der Waals surface area contributed by atoms with Gasteiger partial charge < -0.3 is 46.6 Å². The van der Waals surface area contributed by atoms with Gasteiger partial charge in [-0.05, 0) is 164 Å². The summed E-state index contributed by atoms with van der Waals surface area (Å²) in [4.78, 5) is 48.4. The number of fused-ring (bicyclic) bond motifs is 3. The van der Waals surface area contributed by atoms with Crippen LogP contribution in [0.15, 0.2) is 78.0 Å². The van der Waals surface area contributed by atoms with Crippen molar-refractivity contribution in [2.75, 3.05) is 75.9 Å². The molecule has 1 saturated carbocycles. The fourth-order valence-corrected chi connectivity index (χ4v) is 11.1. The molecule has 2 aromatic carbocycles. The topological polar surface area (TPSA) is 172 Å². The Morgan fingerprint density at radius 1 is 1.04 bits per heavy atom. The van der Waals surface area contributed by atoms with Crippen molar-refractivity contribution in [2.24, 2.45) is 11.8 Å². The number of likely N-dealkylation sites (tertiary alicyclic amines) is 1. The summed E-state index contributed by atoms with van der Waals surface area (Å²) in [5.74, 6) is -0.725. The summed E-state index contributed by atoms with van der Waals surface area (Å²) < 4.78 is 36.5. The van der Waals surface area contributed by atoms with Crippen molar-refractivity contribution in [2.45, 2.75) is 136 Å². The molecule has 16 heteroatoms. The Morgan fingerprint density at radius 2 is 1.79 bits per heavy atom. The van der Waals surface area contributed by atoms with Crippen molar-refractivity contribution in [3.8, 4) is 0 Å². The van der Waals surface area contributed by atoms with Gasteiger partial charge >= 0.3 is 0 Å². The van der Waals surface area contributed by atoms with Gasteiger partial charge in [0.15, 0.2) is 11.6 Å². The summed E-state index contributed by atoms with van der Waals surface area (Å²) >= 11 is 0. The molecule has 2 saturated heterocycles. The Balaban J connectivity index is 0.00000415. The van der Waals surface area contributed by atoms with Crippen LogP contribution in [-0.4, -0.2) is 121 Å². The molecule has 5 unspecified atom stereocenters. The van der Waals surface area contributed by atoms with Crippen molar-refractivity contribution in [3.05, 3.63) is 117 Å². The SMILES string of the molecule is CC.CNC(=C/C(C)OC)/C(F)=C\Nc1ccnc(C)c1/C=C(\C)C(C)N1CC=C(c2c(C)cc(C(=O)N3CCC(CNCCC(C)CNc4ccc5c(c4)C4(CC4)C(=O)C4(O)NC(=O)CCC4N5)CC3)cc2F)CC1. The van der Waals surface area contributed by atoms with Crippen molar-refractivity contribution in [3.63, 3.8) is 0 Å². The number of carbonyl (C=O) groups is 3. The quantitative estimate of drug-likeness (QED) is 0.0449. The van der Waals surface area contributed by atoms with E-state index in [1.54, 1.807) is 26.4 Å². The zero-order chi connectivity index (χ0) is 54.9. The third-order valence-electron chi connectivity index (χ3n) is 16.2. The molecule has 2 amide bonds. The molecule has 1 spiro atoms. The number of aliphatic hydroxyl groups is 1. The van der Waals surface area contributed by atoms with E-state index in [0.29, 0.717) is 74.0 Å². The number of halogens is 2. The molecule has 76 heavy (non-hydrogen) atoms. The zero-order valence-electron chi connectivity index (χ0n) is 46.5. The zero-order valence-corrected chi connectivity index (χ0v) is 46.5. The number of hydrogen-bond donors (Lipinski definition) is 7. The van der Waals surface area contributed by atoms with Crippen LogP contribution >= 0.6 is 0 Å². The van der Waals surface area contributed by atoms with Crippen molar-refractivity contribution >= 4 is 46.3 Å². The number of carbonyl (C=O) groups excluding carboxylic acids is 3. The number of ketones is 1. The van der Waals surface area contributed by atoms with Crippen LogP contribution in [0.1, 0.15) is 131 Å². The van der Waals surface area contributed by atoms with Gasteiger partial charge in [-0.15, -0.1) is 0 Å². The van der Waals surface area contributed by atoms with Crippen molar-refractivity contribution in [1.82, 2.24) is 30.7 Å². The van der Waals surface area contributed by atoms with Crippen LogP contribution in [-0.2, 0) is 19.7 Å². The highest BCUT2D eigenvalue weighted by atomic mass is 19.1. The largest absolute Gasteiger partial charge is 0.386 e. The smallest absolute Gasteiger partial charge is 0.253 e. The number of likely N-dealkylation sites (N-methyl/N-ethyl adjacent to an activating group) is 1. The van der Waals surface area contributed by atoms with Crippen molar-refractivity contribution < 1.29 is 33.0 Å². The van der Waals surface area contributed by atoms with Crippen LogP contribution in [0.2, 0.25) is 0 Å². The highest BCUT2D eigenvalue weighted by Crippen LogP contribution is 2.56. The molecular formula is C60H83F2N9O5. The maximum absolute atomic E-state index is 16.1. The first kappa shape index (κ1) is 57.8. The molecule has 5 heterocycles. The Hall–Kier alpha value is -5.94. The number of piperidine rings is 2. The third-order valence-corrected chi connectivity index (χ3v) is 16.2. The Morgan fingerprint density at radius 3 is 2.46 bits per heavy atom. The Kier molecular flexibility index (Phi) is 19.4. The number of aryl methyl sites for hydroxylation is 2. The fourth-order valence-electron chi connectivity index (χ4n) is 11.1. The number of nitrogens with zero attached hydrogens (tertiary/aromatic N) is 3. The minimum Gasteiger partial charge on any atom is -0.386 e. The van der Waals surface area contributed by atoms with Crippen LogP contribution in [0, 0.1) is 31.5 Å². The molecular weight excluding hydrogens is 965 g/mol. The molecule has 3 fully saturated rings. The van der Waals surface area contributed by atoms with Gasteiger partial charge in [-0.25, -0.2) is 8.78 Å². The van der Waals surface area contributed by atoms with Crippen LogP contribution in [0.4, 0.5) is 25.8 Å². The van der Waals surface area contributed by atoms with E-state index in [1.807, 2.05) is 69.9 Å². The van der Waals surface area contributed by atoms with Crippen LogP contribution in [0.3, 0.4) is 0 Å². The van der Waals surface area contributed by atoms with Gasteiger partial charge in [-0.1, -0.05) is 38.5 Å². The maximum Gasteiger partial charge on any atom is 0.253 e. The predicted octanol–water partition coefficient (Wildman–Crippen LogP) is 9.38. The van der Waals surface area contributed by atoms with E-state index < -0.39 is 23.0 Å². The first-order chi connectivity index (χ1) is 36.4. The number of ether oxygens (including phenoxy) is 1. The van der Waals surface area contributed by atoms with E-state index in [0.717, 1.165) is 96.0 Å². The number of allylic oxidation sites excluding steroid dienone is 1. The first-order valence-electron chi connectivity index (χ1n) is 27.6. The summed E-state index contributed by atoms with van der Waals surface area (Å²) in [7, 11) is 3.24. The molecule has 1 aromatic heterocycles. The van der Waals surface area contributed by atoms with E-state index in [-0.39, 0.29) is 42.0 Å². The number of Topliss-reactive ketones (excluding diaryl/α,β-unsaturated/α-hetero) is 1. The van der Waals surface area contributed by atoms with Gasteiger partial charge in [-0.2, -0.15) is 0 Å². The molecule has 4 aliphatic heterocycles. The third kappa shape index (κ3) is 13.1. The number of amides is 2. The van der Waals surface area contributed by atoms with Gasteiger partial charge in [0.2, 0.25) is 11.6 Å². The monoisotopic (exact) mass is 1050 g/mol. The highest BCUT2D eigenvalue weighted by Gasteiger charge is 2.64. The minimum atomic E-state index is -1.90. The lowest BCUT2D eigenvalue weighted by atomic mass is 9.81. The predicted molar refractivity (Wildman–Crippen MR) is 301 cm³/mol. The second-order valence-electron chi connectivity index (χ2n) is 21.4. The molecule has 5 aliphatic rings. The fraction of sp³-hybridized carbons (Fsp3) is 0.533. The minimum absolute atomic E-state index is 0.0728. The lowest BCUT2D eigenvalue weighted by Crippen LogP contribution is -2.68. The van der Waals surface area contributed by atoms with E-state index in [4.69, 9.17) is 4.74 Å². The molecule has 1 aliphatic carbocycles. The van der Waals surface area contributed by atoms with Gasteiger partial charge in [0.25, 0.3) is 5.91 Å². The summed E-state index contributed by atoms with van der Waals surface area (Å²) in [6, 6.07) is 10.6. The highest BCUT2D eigenvalue weighted by molar-refractivity contribution is 6.05. The van der Waals surface area contributed by atoms with E-state index >= 15 is 8.78 Å². The summed E-state index contributed by atoms with van der Waals surface area (Å²) in [5.41, 5.74) is 6.51. The number of rotatable bonds is 19. The van der Waals surface area contributed by atoms with Gasteiger partial charge in [0, 0.05) is 111 Å². The standard InChI is InChI=1S/C58H77F2N9O5.C2H6/c1-35(32-64-44-9-10-50-46(31-44)57(19-20-57)56(72)58(73)52(66-50)11-12-53(70)67-58)13-21-62-33-41-15-23-69(24-16-41)55(71)43-27-37(3)54(47(59)30-43)42-17-25-68(26-18-42)40(6)36(2)28-45-39(5)63-22-14-49(45)65-34-48(60)51(61-7)29-38(4)74-8;1-2/h9-10,14,17,22,27-31,34-35,38,40-41,52,61-62,64,66,73H,11-13,15-16,18-21,23-26,32-33H2,1-8H3,(H,63,65)(H,67,70);1-2H3/b36-28+,48-34+,51-29+;. The maximum atomic E-state index is 16.1. The lowest BCUT2D eigenvalue weighted by Gasteiger charge is -2.39. The van der Waals surface area contributed by atoms with E-state index in [2.05, 4.69) is 74.7 Å². The van der Waals surface area contributed by atoms with E-state index in [9.17, 15) is 19.5 Å². The normalized spacial score (nSPS) is 22.1. The number of hydrogen-bond acceptors (Lipinski definition) is 12. The molecule has 0 bridgehead atoms. The molecule has 7 N–H and O–H groups in total. The number of aromatic nitrogens is 1. The average molecular weight is 1050 g/mol. The van der Waals surface area contributed by atoms with Gasteiger partial charge in [0.05, 0.1) is 23.3 Å². The number of pyridine rings is 1. The second kappa shape index (κ2) is 25.5. The first-order valence-corrected chi connectivity index (χ1v) is 27.6. The molecule has 412 valence electrons. The number of methoxy groups -OCH3 is 1. The van der Waals surface area contributed by atoms with Crippen LogP contribution in [0.5, 0.6) is 0 Å². The Bertz CT molecular complexity index is 2690. The summed E-state index contributed by atoms with van der Waals surface area (Å²) in [6.45, 7) is 21.3. The molecule has 0 radical (unpaired) electrons. The van der Waals surface area contributed by atoms with Gasteiger partial charge in [-0.3, -0.25) is 24.3 Å². The number of benzene rings is 2. The molecule has 3 aromatic rings. The lowest BCUT2D eigenvalue weighted by molar-refractivity contribution is -0.155. The summed E-state index contributed by atoms with van der Waals surface area (Å²) in [6.07, 6.45) is 14.0. The van der Waals surface area contributed by atoms with Crippen molar-refractivity contribution in [1.29, 1.82) is 0 Å². The second-order valence-corrected chi connectivity index (χ2v) is 21.4. The number of nitrogens with one attached hydrogen (secondary N) is 6. The summed E-state index contributed by atoms with van der Waals surface area (Å²) in [5, 5.41) is 30.6. The molecule has 5 atom stereocenters. The number of anilines is 3. The average Bonchev–Trinajstić information content (AvgIpc) is 4.24.